The minimum atomic E-state index is -3.01. The zero-order chi connectivity index (χ0) is 26.8. The molecule has 0 aromatic heterocycles. The second kappa shape index (κ2) is 11.4. The number of hydrogen-bond acceptors (Lipinski definition) is 6. The molecule has 6 nitrogen and oxygen atoms in total. The lowest BCUT2D eigenvalue weighted by molar-refractivity contribution is -0.116. The molecule has 2 aromatic carbocycles. The van der Waals surface area contributed by atoms with Gasteiger partial charge >= 0.3 is 0 Å². The predicted octanol–water partition coefficient (Wildman–Crippen LogP) is 6.07. The van der Waals surface area contributed by atoms with Gasteiger partial charge in [0.1, 0.15) is 5.82 Å². The van der Waals surface area contributed by atoms with Gasteiger partial charge in [0.05, 0.1) is 28.7 Å². The number of carbonyl (C=O) groups excluding carboxylic acids is 1. The summed E-state index contributed by atoms with van der Waals surface area (Å²) in [5, 5.41) is 6.63. The Kier molecular flexibility index (Phi) is 8.65. The third-order valence-electron chi connectivity index (χ3n) is 6.76. The van der Waals surface area contributed by atoms with Crippen molar-refractivity contribution in [1.29, 1.82) is 0 Å². The molecule has 1 aliphatic heterocycles. The van der Waals surface area contributed by atoms with Gasteiger partial charge in [-0.2, -0.15) is 10.6 Å². The van der Waals surface area contributed by atoms with Crippen LogP contribution in [-0.4, -0.2) is 51.2 Å². The summed E-state index contributed by atoms with van der Waals surface area (Å²) in [5.41, 5.74) is 3.07. The predicted molar refractivity (Wildman–Crippen MR) is 152 cm³/mol. The third kappa shape index (κ3) is 7.77. The summed E-state index contributed by atoms with van der Waals surface area (Å²) in [5.74, 6) is -1.61. The van der Waals surface area contributed by atoms with Crippen molar-refractivity contribution < 1.29 is 18.3 Å². The monoisotopic (exact) mass is 549 g/mol. The van der Waals surface area contributed by atoms with Gasteiger partial charge < -0.3 is 10.6 Å². The summed E-state index contributed by atoms with van der Waals surface area (Å²) in [6, 6.07) is 11.6. The van der Waals surface area contributed by atoms with Crippen LogP contribution < -0.4 is 10.6 Å². The quantitative estimate of drug-likeness (QED) is 0.285. The third-order valence-corrected chi connectivity index (χ3v) is 8.73. The van der Waals surface area contributed by atoms with Crippen LogP contribution in [0.15, 0.2) is 41.4 Å². The van der Waals surface area contributed by atoms with Crippen molar-refractivity contribution in [2.45, 2.75) is 58.0 Å². The van der Waals surface area contributed by atoms with E-state index in [-0.39, 0.29) is 52.1 Å². The fraction of sp³-hybridized carbons (Fsp3) is 0.500. The van der Waals surface area contributed by atoms with Crippen molar-refractivity contribution in [2.75, 3.05) is 29.9 Å². The fourth-order valence-corrected chi connectivity index (χ4v) is 6.53. The first-order chi connectivity index (χ1) is 17.4. The highest BCUT2D eigenvalue weighted by molar-refractivity contribution is 8.25. The number of Topliss-reactive ketones (excluding diaryl/α,β-unsaturated/α-hetero) is 1. The zero-order valence-electron chi connectivity index (χ0n) is 21.7. The molecule has 9 heteroatoms. The molecule has 0 spiro atoms. The summed E-state index contributed by atoms with van der Waals surface area (Å²) in [6.07, 6.45) is 2.53. The largest absolute Gasteiger partial charge is 0.380 e. The molecule has 202 valence electrons. The number of ketones is 1. The van der Waals surface area contributed by atoms with E-state index in [1.807, 2.05) is 12.1 Å². The maximum absolute atomic E-state index is 14.8. The molecule has 2 aromatic rings. The molecular formula is C28H37ClFN3O3S. The summed E-state index contributed by atoms with van der Waals surface area (Å²) >= 11 is 6.36. The first-order valence-corrected chi connectivity index (χ1v) is 15.0. The van der Waals surface area contributed by atoms with E-state index in [1.165, 1.54) is 24.5 Å². The van der Waals surface area contributed by atoms with E-state index < -0.39 is 22.3 Å². The van der Waals surface area contributed by atoms with Crippen LogP contribution >= 0.6 is 22.2 Å². The molecule has 0 bridgehead atoms. The molecule has 2 fully saturated rings. The van der Waals surface area contributed by atoms with E-state index in [1.54, 1.807) is 6.07 Å². The summed E-state index contributed by atoms with van der Waals surface area (Å²) < 4.78 is 36.0. The highest BCUT2D eigenvalue weighted by Gasteiger charge is 2.36. The molecule has 0 radical (unpaired) electrons. The number of nitrogens with one attached hydrogen (secondary N) is 2. The number of carbonyl (C=O) groups is 1. The van der Waals surface area contributed by atoms with Gasteiger partial charge in [0.15, 0.2) is 5.78 Å². The van der Waals surface area contributed by atoms with E-state index in [9.17, 15) is 18.3 Å². The molecule has 1 atom stereocenters. The minimum Gasteiger partial charge on any atom is -0.380 e. The van der Waals surface area contributed by atoms with Crippen LogP contribution in [0.25, 0.3) is 0 Å². The van der Waals surface area contributed by atoms with Crippen molar-refractivity contribution in [1.82, 2.24) is 5.32 Å². The van der Waals surface area contributed by atoms with Gasteiger partial charge in [-0.05, 0) is 53.5 Å². The Morgan fingerprint density at radius 3 is 2.57 bits per heavy atom. The molecule has 4 rings (SSSR count). The van der Waals surface area contributed by atoms with Crippen LogP contribution in [0.4, 0.5) is 10.1 Å². The smallest absolute Gasteiger partial charge is 0.183 e. The molecule has 4 N–H and O–H groups in total. The fourth-order valence-electron chi connectivity index (χ4n) is 4.53. The Balaban J connectivity index is 1.44. The van der Waals surface area contributed by atoms with Crippen molar-refractivity contribution in [3.05, 3.63) is 63.9 Å². The average molecular weight is 550 g/mol. The van der Waals surface area contributed by atoms with Gasteiger partial charge in [0.2, 0.25) is 0 Å². The minimum absolute atomic E-state index is 0.0144. The number of aliphatic imine (C=N–C) groups is 1. The number of benzene rings is 2. The van der Waals surface area contributed by atoms with Crippen LogP contribution in [-0.2, 0) is 23.2 Å². The van der Waals surface area contributed by atoms with Gasteiger partial charge in [-0.25, -0.2) is 4.39 Å². The van der Waals surface area contributed by atoms with Crippen LogP contribution in [0, 0.1) is 11.7 Å². The van der Waals surface area contributed by atoms with Gasteiger partial charge in [-0.15, -0.1) is 0 Å². The number of anilines is 1. The van der Waals surface area contributed by atoms with Crippen molar-refractivity contribution in [2.24, 2.45) is 10.9 Å². The van der Waals surface area contributed by atoms with Gasteiger partial charge in [0, 0.05) is 30.8 Å². The maximum Gasteiger partial charge on any atom is 0.183 e. The number of rotatable bonds is 9. The second-order valence-corrected chi connectivity index (χ2v) is 13.8. The molecule has 0 unspecified atom stereocenters. The molecule has 37 heavy (non-hydrogen) atoms. The van der Waals surface area contributed by atoms with Crippen molar-refractivity contribution in [3.8, 4) is 0 Å². The molecule has 1 heterocycles. The maximum atomic E-state index is 14.8. The first-order valence-electron chi connectivity index (χ1n) is 12.8. The lowest BCUT2D eigenvalue weighted by Crippen LogP contribution is -2.40. The molecule has 1 aliphatic carbocycles. The average Bonchev–Trinajstić information content (AvgIpc) is 3.63. The Labute approximate surface area is 225 Å². The number of nitrogens with zero attached hydrogens (tertiary/aromatic N) is 1. The van der Waals surface area contributed by atoms with E-state index in [4.69, 9.17) is 11.6 Å². The van der Waals surface area contributed by atoms with Crippen LogP contribution in [0.5, 0.6) is 0 Å². The van der Waals surface area contributed by atoms with E-state index >= 15 is 0 Å². The lowest BCUT2D eigenvalue weighted by Gasteiger charge is -2.39. The zero-order valence-corrected chi connectivity index (χ0v) is 23.3. The van der Waals surface area contributed by atoms with Gasteiger partial charge in [0.25, 0.3) is 0 Å². The highest BCUT2D eigenvalue weighted by Crippen LogP contribution is 2.45. The number of hydrogen-bond donors (Lipinski definition) is 4. The molecular weight excluding hydrogens is 513 g/mol. The SMILES string of the molecule is CC(C)(C)c1cccc(CN=C2CS(O)(O)C[C@@H](Cc3cc(F)c(NCCNC4CC4)c(Cl)c3)C2=O)c1. The van der Waals surface area contributed by atoms with E-state index in [2.05, 4.69) is 48.5 Å². The van der Waals surface area contributed by atoms with Crippen LogP contribution in [0.3, 0.4) is 0 Å². The molecule has 0 amide bonds. The Hall–Kier alpha value is -1.97. The van der Waals surface area contributed by atoms with Crippen LogP contribution in [0.2, 0.25) is 5.02 Å². The lowest BCUT2D eigenvalue weighted by atomic mass is 9.86. The van der Waals surface area contributed by atoms with Gasteiger partial charge in [-0.1, -0.05) is 56.6 Å². The van der Waals surface area contributed by atoms with E-state index in [0.29, 0.717) is 18.2 Å². The normalized spacial score (nSPS) is 21.8. The summed E-state index contributed by atoms with van der Waals surface area (Å²) in [4.78, 5) is 17.8. The van der Waals surface area contributed by atoms with Gasteiger partial charge in [-0.3, -0.25) is 18.9 Å². The van der Waals surface area contributed by atoms with Crippen LogP contribution in [0.1, 0.15) is 50.3 Å². The highest BCUT2D eigenvalue weighted by atomic mass is 35.5. The Morgan fingerprint density at radius 2 is 1.89 bits per heavy atom. The van der Waals surface area contributed by atoms with Crippen molar-refractivity contribution >= 4 is 39.4 Å². The molecule has 2 aliphatic rings. The summed E-state index contributed by atoms with van der Waals surface area (Å²) in [6.45, 7) is 7.95. The second-order valence-electron chi connectivity index (χ2n) is 11.2. The van der Waals surface area contributed by atoms with Crippen molar-refractivity contribution in [3.63, 3.8) is 0 Å². The topological polar surface area (TPSA) is 94.0 Å². The first kappa shape index (κ1) is 28.0. The Morgan fingerprint density at radius 1 is 1.14 bits per heavy atom. The molecule has 1 saturated heterocycles. The molecule has 1 saturated carbocycles. The van der Waals surface area contributed by atoms with E-state index in [0.717, 1.165) is 12.1 Å². The Bertz CT molecular complexity index is 1150. The summed E-state index contributed by atoms with van der Waals surface area (Å²) in [7, 11) is -3.01. The standard InChI is InChI=1S/C28H37ClFN3O3S/c1-28(2,3)21-6-4-5-18(12-21)15-33-25-17-37(35,36)16-20(27(25)34)11-19-13-23(29)26(24(30)14-19)32-10-9-31-22-7-8-22/h4-6,12-14,20,22,31-32,35-36H,7-11,15-17H2,1-3H3/t20-/m1/s1. The number of halogens is 2.